The minimum atomic E-state index is -0.790. The Labute approximate surface area is 181 Å². The van der Waals surface area contributed by atoms with E-state index < -0.39 is 17.2 Å². The highest BCUT2D eigenvalue weighted by Gasteiger charge is 2.55. The van der Waals surface area contributed by atoms with E-state index in [-0.39, 0.29) is 24.9 Å². The number of anilines is 3. The first-order valence-corrected chi connectivity index (χ1v) is 10.4. The lowest BCUT2D eigenvalue weighted by molar-refractivity contribution is -0.119. The van der Waals surface area contributed by atoms with Gasteiger partial charge in [0.1, 0.15) is 17.2 Å². The Morgan fingerprint density at radius 2 is 1.81 bits per heavy atom. The molecule has 2 aliphatic heterocycles. The van der Waals surface area contributed by atoms with Gasteiger partial charge in [-0.3, -0.25) is 9.69 Å². The highest BCUT2D eigenvalue weighted by atomic mass is 16.6. The number of nitrogen functional groups attached to an aromatic ring is 2. The van der Waals surface area contributed by atoms with E-state index in [1.807, 2.05) is 26.8 Å². The summed E-state index contributed by atoms with van der Waals surface area (Å²) in [5.74, 6) is 0.693. The molecule has 2 fully saturated rings. The molecule has 4 heterocycles. The van der Waals surface area contributed by atoms with Gasteiger partial charge in [-0.2, -0.15) is 0 Å². The van der Waals surface area contributed by atoms with Crippen molar-refractivity contribution in [2.45, 2.75) is 57.2 Å². The van der Waals surface area contributed by atoms with Gasteiger partial charge in [-0.05, 0) is 57.4 Å². The second-order valence-corrected chi connectivity index (χ2v) is 9.17. The first-order valence-electron chi connectivity index (χ1n) is 10.4. The van der Waals surface area contributed by atoms with Crippen LogP contribution < -0.4 is 16.4 Å². The first-order chi connectivity index (χ1) is 14.6. The Hall–Kier alpha value is -3.36. The number of pyridine rings is 2. The van der Waals surface area contributed by atoms with Gasteiger partial charge < -0.3 is 21.1 Å². The van der Waals surface area contributed by atoms with E-state index in [1.54, 1.807) is 40.4 Å². The number of rotatable bonds is 2. The molecule has 2 unspecified atom stereocenters. The third-order valence-electron chi connectivity index (χ3n) is 5.84. The molecule has 2 bridgehead atoms. The Morgan fingerprint density at radius 1 is 1.13 bits per heavy atom. The molecule has 2 amide bonds. The molecule has 0 aliphatic carbocycles. The minimum absolute atomic E-state index is 0.0740. The summed E-state index contributed by atoms with van der Waals surface area (Å²) in [5.41, 5.74) is 11.5. The van der Waals surface area contributed by atoms with Crippen LogP contribution in [0.1, 0.15) is 45.6 Å². The highest BCUT2D eigenvalue weighted by Crippen LogP contribution is 2.47. The average molecular weight is 425 g/mol. The lowest BCUT2D eigenvalue weighted by Crippen LogP contribution is -2.53. The Morgan fingerprint density at radius 3 is 2.39 bits per heavy atom. The largest absolute Gasteiger partial charge is 0.444 e. The van der Waals surface area contributed by atoms with Crippen LogP contribution >= 0.6 is 0 Å². The van der Waals surface area contributed by atoms with Gasteiger partial charge in [0.15, 0.2) is 0 Å². The van der Waals surface area contributed by atoms with Crippen LogP contribution in [0.25, 0.3) is 0 Å². The first kappa shape index (κ1) is 20.9. The fraction of sp³-hybridized carbons (Fsp3) is 0.455. The summed E-state index contributed by atoms with van der Waals surface area (Å²) in [6.45, 7) is 5.76. The summed E-state index contributed by atoms with van der Waals surface area (Å²) in [6, 6.07) is 6.75. The van der Waals surface area contributed by atoms with Crippen LogP contribution in [0.15, 0.2) is 36.7 Å². The molecule has 0 spiro atoms. The molecule has 2 saturated heterocycles. The molecule has 0 radical (unpaired) electrons. The lowest BCUT2D eigenvalue weighted by atomic mass is 9.87. The predicted molar refractivity (Wildman–Crippen MR) is 117 cm³/mol. The lowest BCUT2D eigenvalue weighted by Gasteiger charge is -2.41. The zero-order valence-corrected chi connectivity index (χ0v) is 18.0. The summed E-state index contributed by atoms with van der Waals surface area (Å²) in [5, 5.41) is 0. The number of amides is 2. The van der Waals surface area contributed by atoms with Crippen LogP contribution in [-0.2, 0) is 15.1 Å². The number of hydrogen-bond donors (Lipinski definition) is 2. The number of nitrogens with two attached hydrogens (primary N) is 2. The molecule has 31 heavy (non-hydrogen) atoms. The van der Waals surface area contributed by atoms with Gasteiger partial charge in [0.25, 0.3) is 0 Å². The molecule has 2 aromatic rings. The van der Waals surface area contributed by atoms with Gasteiger partial charge in [0.2, 0.25) is 5.91 Å². The summed E-state index contributed by atoms with van der Waals surface area (Å²) >= 11 is 0. The van der Waals surface area contributed by atoms with Gasteiger partial charge in [0, 0.05) is 18.7 Å². The van der Waals surface area contributed by atoms with Gasteiger partial charge in [0.05, 0.1) is 24.0 Å². The molecule has 4 N–H and O–H groups in total. The van der Waals surface area contributed by atoms with Gasteiger partial charge in [-0.1, -0.05) is 6.07 Å². The maximum atomic E-state index is 13.4. The topological polar surface area (TPSA) is 128 Å². The Balaban J connectivity index is 1.82. The zero-order valence-electron chi connectivity index (χ0n) is 18.0. The Kier molecular flexibility index (Phi) is 4.99. The van der Waals surface area contributed by atoms with Crippen LogP contribution in [0, 0.1) is 0 Å². The number of aromatic nitrogens is 2. The maximum absolute atomic E-state index is 13.4. The number of fused-ring (bicyclic) bond motifs is 2. The number of carbonyl (C=O) groups is 2. The molecular formula is C22H28N6O3. The third kappa shape index (κ3) is 3.87. The van der Waals surface area contributed by atoms with Crippen molar-refractivity contribution < 1.29 is 14.3 Å². The fourth-order valence-electron chi connectivity index (χ4n) is 4.50. The molecule has 0 aromatic carbocycles. The molecule has 0 saturated carbocycles. The molecular weight excluding hydrogens is 396 g/mol. The number of carbonyl (C=O) groups excluding carboxylic acids is 2. The molecule has 2 atom stereocenters. The van der Waals surface area contributed by atoms with E-state index in [1.165, 1.54) is 0 Å². The van der Waals surface area contributed by atoms with Gasteiger partial charge in [-0.15, -0.1) is 0 Å². The Bertz CT molecular complexity index is 986. The quantitative estimate of drug-likeness (QED) is 0.758. The van der Waals surface area contributed by atoms with Crippen molar-refractivity contribution in [3.8, 4) is 0 Å². The van der Waals surface area contributed by atoms with Crippen LogP contribution in [-0.4, -0.2) is 45.1 Å². The monoisotopic (exact) mass is 424 g/mol. The molecule has 2 aliphatic rings. The van der Waals surface area contributed by atoms with Crippen molar-refractivity contribution in [3.63, 3.8) is 0 Å². The molecule has 4 rings (SSSR count). The van der Waals surface area contributed by atoms with Crippen LogP contribution in [0.5, 0.6) is 0 Å². The SMILES string of the molecule is CC(C)(C)OC(=O)N1C2CCC1(c1ccc(N)nc1)CN(c1ccc(N)nc1)C(=O)C2. The number of ether oxygens (including phenoxy) is 1. The van der Waals surface area contributed by atoms with Crippen molar-refractivity contribution in [2.24, 2.45) is 0 Å². The van der Waals surface area contributed by atoms with Crippen molar-refractivity contribution in [1.82, 2.24) is 14.9 Å². The van der Waals surface area contributed by atoms with Crippen LogP contribution in [0.3, 0.4) is 0 Å². The molecule has 9 nitrogen and oxygen atoms in total. The van der Waals surface area contributed by atoms with E-state index in [0.717, 1.165) is 5.56 Å². The summed E-state index contributed by atoms with van der Waals surface area (Å²) in [6.07, 6.45) is 4.41. The normalized spacial score (nSPS) is 23.6. The van der Waals surface area contributed by atoms with Gasteiger partial charge in [-0.25, -0.2) is 14.8 Å². The summed E-state index contributed by atoms with van der Waals surface area (Å²) in [7, 11) is 0. The van der Waals surface area contributed by atoms with Crippen molar-refractivity contribution >= 4 is 29.3 Å². The van der Waals surface area contributed by atoms with Crippen LogP contribution in [0.2, 0.25) is 0 Å². The summed E-state index contributed by atoms with van der Waals surface area (Å²) in [4.78, 5) is 38.4. The standard InChI is InChI=1S/C22H28N6O3/c1-21(2,3)31-20(30)28-15-8-9-22(28,14-4-6-17(23)25-11-14)13-27(19(29)10-15)16-5-7-18(24)26-12-16/h4-7,11-12,15H,8-10,13H2,1-3H3,(H2,23,25)(H2,24,26). The van der Waals surface area contributed by atoms with E-state index >= 15 is 0 Å². The molecule has 9 heteroatoms. The predicted octanol–water partition coefficient (Wildman–Crippen LogP) is 2.67. The van der Waals surface area contributed by atoms with Crippen molar-refractivity contribution in [1.29, 1.82) is 0 Å². The number of hydrogen-bond acceptors (Lipinski definition) is 7. The van der Waals surface area contributed by atoms with Crippen LogP contribution in [0.4, 0.5) is 22.1 Å². The second kappa shape index (κ2) is 7.40. The van der Waals surface area contributed by atoms with Crippen molar-refractivity contribution in [3.05, 3.63) is 42.2 Å². The van der Waals surface area contributed by atoms with Gasteiger partial charge >= 0.3 is 6.09 Å². The second-order valence-electron chi connectivity index (χ2n) is 9.17. The molecule has 164 valence electrons. The highest BCUT2D eigenvalue weighted by molar-refractivity contribution is 5.95. The molecule has 2 aromatic heterocycles. The fourth-order valence-corrected chi connectivity index (χ4v) is 4.50. The maximum Gasteiger partial charge on any atom is 0.411 e. The summed E-state index contributed by atoms with van der Waals surface area (Å²) < 4.78 is 5.76. The van der Waals surface area contributed by atoms with E-state index in [2.05, 4.69) is 9.97 Å². The minimum Gasteiger partial charge on any atom is -0.444 e. The van der Waals surface area contributed by atoms with E-state index in [9.17, 15) is 9.59 Å². The van der Waals surface area contributed by atoms with Crippen molar-refractivity contribution in [2.75, 3.05) is 22.9 Å². The van der Waals surface area contributed by atoms with E-state index in [0.29, 0.717) is 30.2 Å². The number of nitrogens with zero attached hydrogens (tertiary/aromatic N) is 4. The van der Waals surface area contributed by atoms with E-state index in [4.69, 9.17) is 16.2 Å². The smallest absolute Gasteiger partial charge is 0.411 e. The third-order valence-corrected chi connectivity index (χ3v) is 5.84. The zero-order chi connectivity index (χ0) is 22.4. The average Bonchev–Trinajstić information content (AvgIpc) is 2.98.